The average Bonchev–Trinajstić information content (AvgIpc) is 3.64. The number of fused-ring (bicyclic) bond motifs is 1. The predicted molar refractivity (Wildman–Crippen MR) is 175 cm³/mol. The Morgan fingerprint density at radius 1 is 0.978 bits per heavy atom. The van der Waals surface area contributed by atoms with Gasteiger partial charge in [-0.3, -0.25) is 5.32 Å². The summed E-state index contributed by atoms with van der Waals surface area (Å²) in [5.74, 6) is 1.49. The number of aromatic nitrogens is 2. The Bertz CT molecular complexity index is 1740. The summed E-state index contributed by atoms with van der Waals surface area (Å²) in [4.78, 5) is 35.9. The number of carbonyl (C=O) groups is 2. The molecule has 242 valence electrons. The fourth-order valence-electron chi connectivity index (χ4n) is 4.89. The van der Waals surface area contributed by atoms with Crippen molar-refractivity contribution in [2.45, 2.75) is 78.2 Å². The number of carbonyl (C=O) groups excluding carboxylic acids is 2. The molecule has 1 aliphatic rings. The van der Waals surface area contributed by atoms with Crippen LogP contribution in [0.4, 0.5) is 9.59 Å². The van der Waals surface area contributed by atoms with Gasteiger partial charge in [-0.25, -0.2) is 9.59 Å². The van der Waals surface area contributed by atoms with Gasteiger partial charge in [0.05, 0.1) is 0 Å². The first-order valence-electron chi connectivity index (χ1n) is 15.1. The van der Waals surface area contributed by atoms with Crippen molar-refractivity contribution in [3.8, 4) is 17.1 Å². The SMILES string of the molecule is CC(C)(C)OC(=O)/N=C(/NC(=O)OC(C)(C)C)N1CCC[C@H]1c1nc(-c2ccc3cc(OCc4ccc(Cl)cc4)ccc3c2)no1. The normalized spacial score (nSPS) is 15.6. The van der Waals surface area contributed by atoms with Crippen molar-refractivity contribution < 1.29 is 28.3 Å². The van der Waals surface area contributed by atoms with Gasteiger partial charge in [0.2, 0.25) is 17.7 Å². The minimum atomic E-state index is -0.842. The Morgan fingerprint density at radius 3 is 2.39 bits per heavy atom. The highest BCUT2D eigenvalue weighted by atomic mass is 35.5. The van der Waals surface area contributed by atoms with Crippen LogP contribution in [0.2, 0.25) is 5.02 Å². The summed E-state index contributed by atoms with van der Waals surface area (Å²) in [5.41, 5.74) is 0.280. The van der Waals surface area contributed by atoms with Gasteiger partial charge in [-0.2, -0.15) is 4.98 Å². The van der Waals surface area contributed by atoms with Crippen molar-refractivity contribution in [2.24, 2.45) is 4.99 Å². The van der Waals surface area contributed by atoms with Gasteiger partial charge < -0.3 is 23.6 Å². The predicted octanol–water partition coefficient (Wildman–Crippen LogP) is 8.07. The fraction of sp³-hybridized carbons (Fsp3) is 0.382. The molecule has 1 fully saturated rings. The molecule has 12 heteroatoms. The summed E-state index contributed by atoms with van der Waals surface area (Å²) in [5, 5.41) is 9.54. The molecule has 0 saturated carbocycles. The van der Waals surface area contributed by atoms with E-state index in [2.05, 4.69) is 15.5 Å². The van der Waals surface area contributed by atoms with Crippen molar-refractivity contribution in [3.63, 3.8) is 0 Å². The van der Waals surface area contributed by atoms with Crippen LogP contribution in [0.25, 0.3) is 22.2 Å². The maximum Gasteiger partial charge on any atom is 0.437 e. The molecule has 0 bridgehead atoms. The Hall–Kier alpha value is -4.64. The van der Waals surface area contributed by atoms with Crippen LogP contribution in [0.3, 0.4) is 0 Å². The van der Waals surface area contributed by atoms with Crippen LogP contribution in [0.5, 0.6) is 5.75 Å². The molecule has 1 aromatic heterocycles. The number of hydrogen-bond donors (Lipinski definition) is 1. The first-order chi connectivity index (χ1) is 21.7. The van der Waals surface area contributed by atoms with E-state index in [0.29, 0.717) is 36.3 Å². The average molecular weight is 648 g/mol. The lowest BCUT2D eigenvalue weighted by molar-refractivity contribution is 0.0553. The van der Waals surface area contributed by atoms with Crippen LogP contribution in [0, 0.1) is 0 Å². The quantitative estimate of drug-likeness (QED) is 0.169. The highest BCUT2D eigenvalue weighted by molar-refractivity contribution is 6.30. The van der Waals surface area contributed by atoms with E-state index in [1.807, 2.05) is 60.7 Å². The van der Waals surface area contributed by atoms with Crippen molar-refractivity contribution in [1.29, 1.82) is 0 Å². The Balaban J connectivity index is 1.33. The second-order valence-corrected chi connectivity index (χ2v) is 13.4. The molecule has 2 amide bonds. The van der Waals surface area contributed by atoms with Gasteiger partial charge in [0.25, 0.3) is 0 Å². The number of nitrogens with zero attached hydrogens (tertiary/aromatic N) is 4. The number of guanidine groups is 1. The monoisotopic (exact) mass is 647 g/mol. The first kappa shape index (κ1) is 32.7. The molecule has 1 saturated heterocycles. The number of ether oxygens (including phenoxy) is 3. The molecule has 0 spiro atoms. The third-order valence-corrected chi connectivity index (χ3v) is 7.10. The van der Waals surface area contributed by atoms with Gasteiger partial charge in [0, 0.05) is 17.1 Å². The molecule has 4 aromatic rings. The molecule has 1 atom stereocenters. The van der Waals surface area contributed by atoms with Crippen LogP contribution in [-0.4, -0.2) is 50.9 Å². The van der Waals surface area contributed by atoms with Crippen LogP contribution in [0.1, 0.15) is 71.9 Å². The van der Waals surface area contributed by atoms with Crippen LogP contribution >= 0.6 is 11.6 Å². The third kappa shape index (κ3) is 8.75. The van der Waals surface area contributed by atoms with Gasteiger partial charge in [-0.15, -0.1) is 4.99 Å². The number of halogens is 1. The van der Waals surface area contributed by atoms with Crippen LogP contribution in [0.15, 0.2) is 70.2 Å². The number of likely N-dealkylation sites (tertiary alicyclic amines) is 1. The zero-order valence-corrected chi connectivity index (χ0v) is 27.6. The molecule has 46 heavy (non-hydrogen) atoms. The van der Waals surface area contributed by atoms with E-state index >= 15 is 0 Å². The lowest BCUT2D eigenvalue weighted by Gasteiger charge is -2.27. The van der Waals surface area contributed by atoms with E-state index in [-0.39, 0.29) is 5.96 Å². The highest BCUT2D eigenvalue weighted by Gasteiger charge is 2.35. The van der Waals surface area contributed by atoms with Crippen molar-refractivity contribution in [1.82, 2.24) is 20.4 Å². The van der Waals surface area contributed by atoms with E-state index in [9.17, 15) is 9.59 Å². The summed E-state index contributed by atoms with van der Waals surface area (Å²) in [6.45, 7) is 11.4. The Labute approximate surface area is 272 Å². The third-order valence-electron chi connectivity index (χ3n) is 6.84. The summed E-state index contributed by atoms with van der Waals surface area (Å²) in [6, 6.07) is 18.9. The Kier molecular flexibility index (Phi) is 9.52. The van der Waals surface area contributed by atoms with Gasteiger partial charge in [0.1, 0.15) is 29.6 Å². The molecule has 1 N–H and O–H groups in total. The number of rotatable bonds is 5. The number of alkyl carbamates (subject to hydrolysis) is 1. The van der Waals surface area contributed by atoms with Crippen molar-refractivity contribution in [3.05, 3.63) is 77.1 Å². The topological polar surface area (TPSA) is 128 Å². The van der Waals surface area contributed by atoms with Crippen molar-refractivity contribution >= 4 is 40.5 Å². The number of amides is 2. The number of benzene rings is 3. The van der Waals surface area contributed by atoms with Gasteiger partial charge in [-0.05, 0) is 101 Å². The van der Waals surface area contributed by atoms with Crippen molar-refractivity contribution in [2.75, 3.05) is 6.54 Å². The number of hydrogen-bond acceptors (Lipinski definition) is 8. The van der Waals surface area contributed by atoms with E-state index in [1.165, 1.54) is 0 Å². The lowest BCUT2D eigenvalue weighted by atomic mass is 10.1. The summed E-state index contributed by atoms with van der Waals surface area (Å²) in [7, 11) is 0. The standard InChI is InChI=1S/C34H38ClN5O6/c1-33(2,3)44-31(41)37-30(38-32(42)45-34(4,5)6)40-17-7-8-27(40)29-36-28(39-46-29)24-12-11-23-19-26(16-13-22(23)18-24)43-20-21-9-14-25(35)15-10-21/h9-16,18-19,27H,7-8,17,20H2,1-6H3,(H,37,38,41,42)/t27-/m0/s1. The number of aliphatic imine (C=N–C) groups is 1. The highest BCUT2D eigenvalue weighted by Crippen LogP contribution is 2.33. The van der Waals surface area contributed by atoms with E-state index in [4.69, 9.17) is 35.3 Å². The molecule has 2 heterocycles. The second kappa shape index (κ2) is 13.4. The number of nitrogens with one attached hydrogen (secondary N) is 1. The van der Waals surface area contributed by atoms with E-state index in [1.54, 1.807) is 46.4 Å². The van der Waals surface area contributed by atoms with E-state index in [0.717, 1.165) is 34.1 Å². The zero-order valence-electron chi connectivity index (χ0n) is 26.8. The molecule has 3 aromatic carbocycles. The molecule has 0 aliphatic carbocycles. The van der Waals surface area contributed by atoms with Gasteiger partial charge in [-0.1, -0.05) is 47.1 Å². The minimum absolute atomic E-state index is 0.00876. The summed E-state index contributed by atoms with van der Waals surface area (Å²) >= 11 is 5.98. The largest absolute Gasteiger partial charge is 0.489 e. The zero-order chi connectivity index (χ0) is 33.1. The summed E-state index contributed by atoms with van der Waals surface area (Å²) < 4.78 is 22.5. The molecular weight excluding hydrogens is 610 g/mol. The minimum Gasteiger partial charge on any atom is -0.489 e. The molecule has 1 aliphatic heterocycles. The van der Waals surface area contributed by atoms with Crippen LogP contribution in [-0.2, 0) is 16.1 Å². The molecule has 5 rings (SSSR count). The maximum absolute atomic E-state index is 12.7. The molecule has 11 nitrogen and oxygen atoms in total. The first-order valence-corrected chi connectivity index (χ1v) is 15.4. The molecular formula is C34H38ClN5O6. The molecule has 0 unspecified atom stereocenters. The lowest BCUT2D eigenvalue weighted by Crippen LogP contribution is -2.46. The Morgan fingerprint density at radius 2 is 1.67 bits per heavy atom. The molecule has 0 radical (unpaired) electrons. The summed E-state index contributed by atoms with van der Waals surface area (Å²) in [6.07, 6.45) is -0.211. The van der Waals surface area contributed by atoms with Gasteiger partial charge >= 0.3 is 12.2 Å². The fourth-order valence-corrected chi connectivity index (χ4v) is 5.02. The maximum atomic E-state index is 12.7. The van der Waals surface area contributed by atoms with Crippen LogP contribution < -0.4 is 10.1 Å². The second-order valence-electron chi connectivity index (χ2n) is 13.0. The van der Waals surface area contributed by atoms with Gasteiger partial charge in [0.15, 0.2) is 0 Å². The van der Waals surface area contributed by atoms with E-state index < -0.39 is 29.4 Å². The smallest absolute Gasteiger partial charge is 0.437 e.